The number of benzene rings is 1. The molecule has 1 aromatic carbocycles. The molecule has 0 saturated heterocycles. The molecular weight excluding hydrogens is 240 g/mol. The molecule has 1 aromatic rings. The van der Waals surface area contributed by atoms with E-state index >= 15 is 0 Å². The highest BCUT2D eigenvalue weighted by molar-refractivity contribution is 5.92. The van der Waals surface area contributed by atoms with E-state index in [1.54, 1.807) is 0 Å². The van der Waals surface area contributed by atoms with Crippen LogP contribution >= 0.6 is 0 Å². The maximum Gasteiger partial charge on any atom is 0.238 e. The van der Waals surface area contributed by atoms with Crippen LogP contribution in [0.3, 0.4) is 0 Å². The smallest absolute Gasteiger partial charge is 0.238 e. The lowest BCUT2D eigenvalue weighted by Gasteiger charge is -2.11. The number of hydrogen-bond donors (Lipinski definition) is 3. The van der Waals surface area contributed by atoms with Crippen molar-refractivity contribution in [2.24, 2.45) is 0 Å². The summed E-state index contributed by atoms with van der Waals surface area (Å²) in [6, 6.07) is 8.11. The van der Waals surface area contributed by atoms with Crippen molar-refractivity contribution in [3.05, 3.63) is 29.8 Å². The number of aliphatic hydroxyl groups is 1. The topological polar surface area (TPSA) is 61.4 Å². The van der Waals surface area contributed by atoms with Crippen LogP contribution in [0.15, 0.2) is 24.3 Å². The number of carbonyl (C=O) groups is 1. The van der Waals surface area contributed by atoms with Crippen LogP contribution in [0.1, 0.15) is 32.3 Å². The fourth-order valence-electron chi connectivity index (χ4n) is 1.70. The van der Waals surface area contributed by atoms with Crippen LogP contribution in [0.4, 0.5) is 5.69 Å². The van der Waals surface area contributed by atoms with Gasteiger partial charge in [-0.05, 0) is 43.9 Å². The Balaban J connectivity index is 2.45. The van der Waals surface area contributed by atoms with E-state index in [0.29, 0.717) is 12.6 Å². The third-order valence-electron chi connectivity index (χ3n) is 3.06. The first-order valence-corrected chi connectivity index (χ1v) is 6.88. The Kier molecular flexibility index (Phi) is 7.15. The minimum absolute atomic E-state index is 0.0281. The zero-order valence-corrected chi connectivity index (χ0v) is 11.8. The maximum absolute atomic E-state index is 11.7. The SMILES string of the molecule is CCC(C)NCC(=O)Nc1cccc(CCCO)c1. The summed E-state index contributed by atoms with van der Waals surface area (Å²) >= 11 is 0. The lowest BCUT2D eigenvalue weighted by Crippen LogP contribution is -2.33. The molecule has 106 valence electrons. The summed E-state index contributed by atoms with van der Waals surface area (Å²) in [5.41, 5.74) is 1.94. The van der Waals surface area contributed by atoms with Gasteiger partial charge >= 0.3 is 0 Å². The molecule has 3 N–H and O–H groups in total. The Bertz CT molecular complexity index is 393. The van der Waals surface area contributed by atoms with Crippen molar-refractivity contribution in [3.63, 3.8) is 0 Å². The number of amides is 1. The van der Waals surface area contributed by atoms with Crippen LogP contribution in [-0.2, 0) is 11.2 Å². The first-order chi connectivity index (χ1) is 9.15. The Hall–Kier alpha value is -1.39. The number of aliphatic hydroxyl groups excluding tert-OH is 1. The Labute approximate surface area is 115 Å². The molecule has 0 bridgehead atoms. The van der Waals surface area contributed by atoms with Gasteiger partial charge in [0.2, 0.25) is 5.91 Å². The predicted octanol–water partition coefficient (Wildman–Crippen LogP) is 1.94. The van der Waals surface area contributed by atoms with Gasteiger partial charge in [0.25, 0.3) is 0 Å². The molecule has 0 spiro atoms. The van der Waals surface area contributed by atoms with Crippen molar-refractivity contribution in [1.82, 2.24) is 5.32 Å². The van der Waals surface area contributed by atoms with E-state index in [1.165, 1.54) is 0 Å². The average molecular weight is 264 g/mol. The zero-order chi connectivity index (χ0) is 14.1. The minimum atomic E-state index is -0.0281. The second kappa shape index (κ2) is 8.67. The molecule has 1 amide bonds. The monoisotopic (exact) mass is 264 g/mol. The fourth-order valence-corrected chi connectivity index (χ4v) is 1.70. The fraction of sp³-hybridized carbons (Fsp3) is 0.533. The molecule has 0 aliphatic rings. The Morgan fingerprint density at radius 3 is 2.89 bits per heavy atom. The van der Waals surface area contributed by atoms with Gasteiger partial charge in [0.1, 0.15) is 0 Å². The third kappa shape index (κ3) is 6.36. The van der Waals surface area contributed by atoms with E-state index < -0.39 is 0 Å². The van der Waals surface area contributed by atoms with Gasteiger partial charge in [-0.1, -0.05) is 19.1 Å². The van der Waals surface area contributed by atoms with E-state index in [1.807, 2.05) is 24.3 Å². The lowest BCUT2D eigenvalue weighted by molar-refractivity contribution is -0.115. The van der Waals surface area contributed by atoms with E-state index in [4.69, 9.17) is 5.11 Å². The zero-order valence-electron chi connectivity index (χ0n) is 11.8. The van der Waals surface area contributed by atoms with Crippen LogP contribution in [0.25, 0.3) is 0 Å². The molecule has 0 aliphatic carbocycles. The molecule has 4 heteroatoms. The van der Waals surface area contributed by atoms with Crippen LogP contribution in [0.2, 0.25) is 0 Å². The molecule has 1 unspecified atom stereocenters. The molecule has 0 aliphatic heterocycles. The van der Waals surface area contributed by atoms with Gasteiger partial charge < -0.3 is 15.7 Å². The maximum atomic E-state index is 11.7. The largest absolute Gasteiger partial charge is 0.396 e. The van der Waals surface area contributed by atoms with Gasteiger partial charge in [-0.15, -0.1) is 0 Å². The summed E-state index contributed by atoms with van der Waals surface area (Å²) in [7, 11) is 0. The van der Waals surface area contributed by atoms with Gasteiger partial charge in [-0.25, -0.2) is 0 Å². The highest BCUT2D eigenvalue weighted by Gasteiger charge is 2.05. The number of carbonyl (C=O) groups excluding carboxylic acids is 1. The number of aryl methyl sites for hydroxylation is 1. The summed E-state index contributed by atoms with van der Waals surface area (Å²) < 4.78 is 0. The van der Waals surface area contributed by atoms with Gasteiger partial charge in [0.15, 0.2) is 0 Å². The van der Waals surface area contributed by atoms with Crippen molar-refractivity contribution in [1.29, 1.82) is 0 Å². The second-order valence-corrected chi connectivity index (χ2v) is 4.77. The number of rotatable bonds is 8. The molecule has 0 heterocycles. The second-order valence-electron chi connectivity index (χ2n) is 4.77. The van der Waals surface area contributed by atoms with E-state index in [2.05, 4.69) is 24.5 Å². The van der Waals surface area contributed by atoms with Crippen molar-refractivity contribution in [2.45, 2.75) is 39.2 Å². The molecule has 4 nitrogen and oxygen atoms in total. The highest BCUT2D eigenvalue weighted by atomic mass is 16.2. The van der Waals surface area contributed by atoms with Crippen molar-refractivity contribution in [2.75, 3.05) is 18.5 Å². The van der Waals surface area contributed by atoms with Gasteiger partial charge in [0, 0.05) is 18.3 Å². The van der Waals surface area contributed by atoms with Crippen LogP contribution < -0.4 is 10.6 Å². The van der Waals surface area contributed by atoms with Crippen molar-refractivity contribution < 1.29 is 9.90 Å². The first kappa shape index (κ1) is 15.7. The van der Waals surface area contributed by atoms with Crippen molar-refractivity contribution >= 4 is 11.6 Å². The number of anilines is 1. The Morgan fingerprint density at radius 2 is 2.21 bits per heavy atom. The highest BCUT2D eigenvalue weighted by Crippen LogP contribution is 2.12. The van der Waals surface area contributed by atoms with Crippen LogP contribution in [-0.4, -0.2) is 30.2 Å². The summed E-state index contributed by atoms with van der Waals surface area (Å²) in [6.45, 7) is 4.66. The molecule has 0 radical (unpaired) electrons. The van der Waals surface area contributed by atoms with Crippen LogP contribution in [0, 0.1) is 0 Å². The normalized spacial score (nSPS) is 12.2. The first-order valence-electron chi connectivity index (χ1n) is 6.88. The molecule has 1 rings (SSSR count). The predicted molar refractivity (Wildman–Crippen MR) is 78.2 cm³/mol. The molecule has 0 saturated carbocycles. The number of hydrogen-bond acceptors (Lipinski definition) is 3. The van der Waals surface area contributed by atoms with Gasteiger partial charge in [-0.3, -0.25) is 4.79 Å². The van der Waals surface area contributed by atoms with Crippen LogP contribution in [0.5, 0.6) is 0 Å². The average Bonchev–Trinajstić information content (AvgIpc) is 2.43. The summed E-state index contributed by atoms with van der Waals surface area (Å²) in [5.74, 6) is -0.0281. The summed E-state index contributed by atoms with van der Waals surface area (Å²) in [5, 5.41) is 14.8. The Morgan fingerprint density at radius 1 is 1.42 bits per heavy atom. The van der Waals surface area contributed by atoms with Crippen molar-refractivity contribution in [3.8, 4) is 0 Å². The quantitative estimate of drug-likeness (QED) is 0.672. The van der Waals surface area contributed by atoms with Gasteiger partial charge in [0.05, 0.1) is 6.54 Å². The van der Waals surface area contributed by atoms with Gasteiger partial charge in [-0.2, -0.15) is 0 Å². The summed E-state index contributed by atoms with van der Waals surface area (Å²) in [6.07, 6.45) is 2.57. The molecular formula is C15H24N2O2. The van der Waals surface area contributed by atoms with E-state index in [9.17, 15) is 4.79 Å². The number of nitrogens with one attached hydrogen (secondary N) is 2. The summed E-state index contributed by atoms with van der Waals surface area (Å²) in [4.78, 5) is 11.7. The molecule has 1 atom stereocenters. The standard InChI is InChI=1S/C15H24N2O2/c1-3-12(2)16-11-15(19)17-14-8-4-6-13(10-14)7-5-9-18/h4,6,8,10,12,16,18H,3,5,7,9,11H2,1-2H3,(H,17,19). The van der Waals surface area contributed by atoms with E-state index in [-0.39, 0.29) is 12.5 Å². The molecule has 0 fully saturated rings. The molecule has 0 aromatic heterocycles. The van der Waals surface area contributed by atoms with E-state index in [0.717, 1.165) is 30.5 Å². The molecule has 19 heavy (non-hydrogen) atoms. The lowest BCUT2D eigenvalue weighted by atomic mass is 10.1. The minimum Gasteiger partial charge on any atom is -0.396 e. The third-order valence-corrected chi connectivity index (χ3v) is 3.06.